The van der Waals surface area contributed by atoms with Crippen LogP contribution in [0.1, 0.15) is 44.9 Å². The van der Waals surface area contributed by atoms with E-state index in [4.69, 9.17) is 0 Å². The summed E-state index contributed by atoms with van der Waals surface area (Å²) in [6.07, 6.45) is 2.15. The number of benzene rings is 1. The predicted molar refractivity (Wildman–Crippen MR) is 92.2 cm³/mol. The van der Waals surface area contributed by atoms with Crippen LogP contribution in [0.15, 0.2) is 24.3 Å². The highest BCUT2D eigenvalue weighted by Crippen LogP contribution is 2.18. The third-order valence-electron chi connectivity index (χ3n) is 4.52. The van der Waals surface area contributed by atoms with E-state index in [2.05, 4.69) is 10.4 Å². The number of hydrogen-bond donors (Lipinski definition) is 1. The number of nitrogens with zero attached hydrogens (tertiary/aromatic N) is 3. The Kier molecular flexibility index (Phi) is 4.38. The largest absolute Gasteiger partial charge is 0.339 e. The summed E-state index contributed by atoms with van der Waals surface area (Å²) in [4.78, 5) is 26.6. The van der Waals surface area contributed by atoms with E-state index in [1.807, 2.05) is 25.8 Å². The zero-order valence-corrected chi connectivity index (χ0v) is 14.3. The molecule has 6 heteroatoms. The molecule has 1 aromatic carbocycles. The van der Waals surface area contributed by atoms with Gasteiger partial charge in [-0.25, -0.2) is 0 Å². The highest BCUT2D eigenvalue weighted by molar-refractivity contribution is 6.06. The van der Waals surface area contributed by atoms with Crippen molar-refractivity contribution in [2.75, 3.05) is 18.4 Å². The summed E-state index contributed by atoms with van der Waals surface area (Å²) in [7, 11) is 1.82. The molecule has 1 aliphatic heterocycles. The molecule has 1 aliphatic rings. The maximum absolute atomic E-state index is 12.5. The summed E-state index contributed by atoms with van der Waals surface area (Å²) >= 11 is 0. The van der Waals surface area contributed by atoms with Crippen molar-refractivity contribution in [2.45, 2.75) is 26.7 Å². The average molecular weight is 326 g/mol. The number of nitrogens with one attached hydrogen (secondary N) is 1. The van der Waals surface area contributed by atoms with Gasteiger partial charge in [0.15, 0.2) is 0 Å². The lowest BCUT2D eigenvalue weighted by Crippen LogP contribution is -2.27. The smallest absolute Gasteiger partial charge is 0.259 e. The average Bonchev–Trinajstić information content (AvgIpc) is 3.16. The van der Waals surface area contributed by atoms with Gasteiger partial charge in [0.25, 0.3) is 11.8 Å². The number of aromatic nitrogens is 2. The first kappa shape index (κ1) is 16.2. The normalized spacial score (nSPS) is 14.0. The summed E-state index contributed by atoms with van der Waals surface area (Å²) in [5.41, 5.74) is 3.44. The minimum atomic E-state index is -0.184. The van der Waals surface area contributed by atoms with E-state index in [1.165, 1.54) is 0 Å². The number of likely N-dealkylation sites (tertiary alicyclic amines) is 1. The van der Waals surface area contributed by atoms with Crippen molar-refractivity contribution >= 4 is 17.5 Å². The molecule has 6 nitrogen and oxygen atoms in total. The van der Waals surface area contributed by atoms with Gasteiger partial charge in [0.05, 0.1) is 11.3 Å². The first-order valence-electron chi connectivity index (χ1n) is 8.18. The van der Waals surface area contributed by atoms with Gasteiger partial charge in [-0.3, -0.25) is 14.3 Å². The van der Waals surface area contributed by atoms with Crippen molar-refractivity contribution in [3.63, 3.8) is 0 Å². The van der Waals surface area contributed by atoms with Crippen LogP contribution < -0.4 is 5.32 Å². The van der Waals surface area contributed by atoms with E-state index in [0.29, 0.717) is 22.5 Å². The molecule has 0 radical (unpaired) electrons. The van der Waals surface area contributed by atoms with Crippen molar-refractivity contribution in [2.24, 2.45) is 7.05 Å². The standard InChI is InChI=1S/C18H22N4O2/c1-12-16(13(2)21(3)20-12)17(23)19-15-8-6-14(7-9-15)18(24)22-10-4-5-11-22/h6-9H,4-5,10-11H2,1-3H3,(H,19,23). The van der Waals surface area contributed by atoms with Gasteiger partial charge < -0.3 is 10.2 Å². The van der Waals surface area contributed by atoms with Gasteiger partial charge in [0.2, 0.25) is 0 Å². The Morgan fingerprint density at radius 2 is 1.71 bits per heavy atom. The topological polar surface area (TPSA) is 67.2 Å². The van der Waals surface area contributed by atoms with Gasteiger partial charge in [-0.1, -0.05) is 0 Å². The Bertz CT molecular complexity index is 771. The van der Waals surface area contributed by atoms with Crippen molar-refractivity contribution < 1.29 is 9.59 Å². The summed E-state index contributed by atoms with van der Waals surface area (Å²) in [5.74, 6) is -0.124. The summed E-state index contributed by atoms with van der Waals surface area (Å²) in [5, 5.41) is 7.13. The second kappa shape index (κ2) is 6.47. The van der Waals surface area contributed by atoms with Crippen LogP contribution in [-0.2, 0) is 7.05 Å². The van der Waals surface area contributed by atoms with Crippen LogP contribution in [0, 0.1) is 13.8 Å². The van der Waals surface area contributed by atoms with Crippen LogP contribution in [0.25, 0.3) is 0 Å². The van der Waals surface area contributed by atoms with E-state index in [9.17, 15) is 9.59 Å². The Morgan fingerprint density at radius 3 is 2.25 bits per heavy atom. The highest BCUT2D eigenvalue weighted by Gasteiger charge is 2.20. The van der Waals surface area contributed by atoms with Crippen molar-refractivity contribution in [1.82, 2.24) is 14.7 Å². The molecular formula is C18H22N4O2. The fourth-order valence-electron chi connectivity index (χ4n) is 3.09. The van der Waals surface area contributed by atoms with Gasteiger partial charge in [0.1, 0.15) is 0 Å². The highest BCUT2D eigenvalue weighted by atomic mass is 16.2. The minimum absolute atomic E-state index is 0.0596. The molecule has 0 unspecified atom stereocenters. The van der Waals surface area contributed by atoms with Crippen LogP contribution in [0.3, 0.4) is 0 Å². The lowest BCUT2D eigenvalue weighted by Gasteiger charge is -2.15. The Labute approximate surface area is 141 Å². The quantitative estimate of drug-likeness (QED) is 0.942. The SMILES string of the molecule is Cc1nn(C)c(C)c1C(=O)Nc1ccc(C(=O)N2CCCC2)cc1. The van der Waals surface area contributed by atoms with Crippen LogP contribution in [0.4, 0.5) is 5.69 Å². The molecule has 0 bridgehead atoms. The monoisotopic (exact) mass is 326 g/mol. The molecule has 2 heterocycles. The molecule has 126 valence electrons. The van der Waals surface area contributed by atoms with Gasteiger partial charge in [-0.05, 0) is 51.0 Å². The number of aryl methyl sites for hydroxylation is 2. The first-order valence-corrected chi connectivity index (χ1v) is 8.18. The second-order valence-corrected chi connectivity index (χ2v) is 6.20. The van der Waals surface area contributed by atoms with Gasteiger partial charge in [-0.15, -0.1) is 0 Å². The number of carbonyl (C=O) groups is 2. The maximum atomic E-state index is 12.5. The van der Waals surface area contributed by atoms with E-state index < -0.39 is 0 Å². The molecule has 1 N–H and O–H groups in total. The third kappa shape index (κ3) is 3.04. The van der Waals surface area contributed by atoms with E-state index in [1.54, 1.807) is 28.9 Å². The van der Waals surface area contributed by atoms with Crippen LogP contribution in [0.5, 0.6) is 0 Å². The van der Waals surface area contributed by atoms with E-state index in [0.717, 1.165) is 31.6 Å². The van der Waals surface area contributed by atoms with Gasteiger partial charge >= 0.3 is 0 Å². The first-order chi connectivity index (χ1) is 11.5. The molecule has 0 atom stereocenters. The number of amides is 2. The fourth-order valence-corrected chi connectivity index (χ4v) is 3.09. The lowest BCUT2D eigenvalue weighted by molar-refractivity contribution is 0.0792. The number of carbonyl (C=O) groups excluding carboxylic acids is 2. The third-order valence-corrected chi connectivity index (χ3v) is 4.52. The summed E-state index contributed by atoms with van der Waals surface area (Å²) in [6, 6.07) is 7.06. The van der Waals surface area contributed by atoms with E-state index in [-0.39, 0.29) is 11.8 Å². The molecule has 0 aliphatic carbocycles. The number of hydrogen-bond acceptors (Lipinski definition) is 3. The fraction of sp³-hybridized carbons (Fsp3) is 0.389. The van der Waals surface area contributed by atoms with Crippen molar-refractivity contribution in [3.8, 4) is 0 Å². The molecule has 0 saturated carbocycles. The molecule has 1 saturated heterocycles. The van der Waals surface area contributed by atoms with Crippen LogP contribution in [-0.4, -0.2) is 39.6 Å². The molecule has 2 amide bonds. The van der Waals surface area contributed by atoms with Crippen LogP contribution >= 0.6 is 0 Å². The Balaban J connectivity index is 1.72. The van der Waals surface area contributed by atoms with E-state index >= 15 is 0 Å². The van der Waals surface area contributed by atoms with Gasteiger partial charge in [0, 0.05) is 37.1 Å². The predicted octanol–water partition coefficient (Wildman–Crippen LogP) is 2.53. The molecule has 2 aromatic rings. The van der Waals surface area contributed by atoms with Crippen molar-refractivity contribution in [1.29, 1.82) is 0 Å². The molecular weight excluding hydrogens is 304 g/mol. The molecule has 0 spiro atoms. The zero-order valence-electron chi connectivity index (χ0n) is 14.3. The minimum Gasteiger partial charge on any atom is -0.339 e. The lowest BCUT2D eigenvalue weighted by atomic mass is 10.1. The number of rotatable bonds is 3. The van der Waals surface area contributed by atoms with Crippen molar-refractivity contribution in [3.05, 3.63) is 46.8 Å². The molecule has 1 aromatic heterocycles. The Hall–Kier alpha value is -2.63. The molecule has 24 heavy (non-hydrogen) atoms. The summed E-state index contributed by atoms with van der Waals surface area (Å²) < 4.78 is 1.70. The molecule has 3 rings (SSSR count). The Morgan fingerprint density at radius 1 is 1.08 bits per heavy atom. The molecule has 1 fully saturated rings. The summed E-state index contributed by atoms with van der Waals surface area (Å²) in [6.45, 7) is 5.35. The maximum Gasteiger partial charge on any atom is 0.259 e. The van der Waals surface area contributed by atoms with Crippen LogP contribution in [0.2, 0.25) is 0 Å². The zero-order chi connectivity index (χ0) is 17.3. The van der Waals surface area contributed by atoms with Gasteiger partial charge in [-0.2, -0.15) is 5.10 Å². The second-order valence-electron chi connectivity index (χ2n) is 6.20. The number of anilines is 1.